The number of fused-ring (bicyclic) bond motifs is 1. The molecule has 158 valence electrons. The SMILES string of the molecule is Cc1cc(N)ccc1CN1C(=O)[C@H](Cc2ccc(C(=O)O)cc2)Sc2c(F)cccc21. The van der Waals surface area contributed by atoms with Crippen LogP contribution < -0.4 is 10.6 Å². The van der Waals surface area contributed by atoms with E-state index < -0.39 is 11.2 Å². The summed E-state index contributed by atoms with van der Waals surface area (Å²) in [5.41, 5.74) is 9.96. The first-order valence-electron chi connectivity index (χ1n) is 9.77. The number of benzene rings is 3. The quantitative estimate of drug-likeness (QED) is 0.568. The van der Waals surface area contributed by atoms with Crippen LogP contribution in [-0.4, -0.2) is 22.2 Å². The van der Waals surface area contributed by atoms with Crippen molar-refractivity contribution in [3.63, 3.8) is 0 Å². The number of amides is 1. The summed E-state index contributed by atoms with van der Waals surface area (Å²) in [6.45, 7) is 2.25. The number of carbonyl (C=O) groups excluding carboxylic acids is 1. The molecule has 0 unspecified atom stereocenters. The summed E-state index contributed by atoms with van der Waals surface area (Å²) < 4.78 is 14.7. The highest BCUT2D eigenvalue weighted by molar-refractivity contribution is 8.01. The Morgan fingerprint density at radius 3 is 2.58 bits per heavy atom. The number of hydrogen-bond acceptors (Lipinski definition) is 4. The highest BCUT2D eigenvalue weighted by atomic mass is 32.2. The van der Waals surface area contributed by atoms with Crippen LogP contribution in [0.4, 0.5) is 15.8 Å². The monoisotopic (exact) mass is 436 g/mol. The molecule has 0 saturated carbocycles. The van der Waals surface area contributed by atoms with E-state index in [1.165, 1.54) is 30.0 Å². The predicted octanol–water partition coefficient (Wildman–Crippen LogP) is 4.66. The van der Waals surface area contributed by atoms with Crippen LogP contribution in [0.3, 0.4) is 0 Å². The second-order valence-electron chi connectivity index (χ2n) is 7.51. The minimum Gasteiger partial charge on any atom is -0.478 e. The van der Waals surface area contributed by atoms with Crippen LogP contribution in [0.2, 0.25) is 0 Å². The topological polar surface area (TPSA) is 83.6 Å². The molecule has 0 bridgehead atoms. The summed E-state index contributed by atoms with van der Waals surface area (Å²) in [6, 6.07) is 16.7. The zero-order chi connectivity index (χ0) is 22.1. The molecule has 0 radical (unpaired) electrons. The Bertz CT molecular complexity index is 1160. The second-order valence-corrected chi connectivity index (χ2v) is 8.72. The van der Waals surface area contributed by atoms with E-state index in [9.17, 15) is 14.0 Å². The zero-order valence-electron chi connectivity index (χ0n) is 16.8. The van der Waals surface area contributed by atoms with Crippen LogP contribution in [0, 0.1) is 12.7 Å². The lowest BCUT2D eigenvalue weighted by molar-refractivity contribution is -0.118. The van der Waals surface area contributed by atoms with E-state index in [2.05, 4.69) is 0 Å². The van der Waals surface area contributed by atoms with Crippen LogP contribution in [0.15, 0.2) is 65.6 Å². The molecule has 4 rings (SSSR count). The summed E-state index contributed by atoms with van der Waals surface area (Å²) in [5, 5.41) is 8.56. The summed E-state index contributed by atoms with van der Waals surface area (Å²) in [7, 11) is 0. The Labute approximate surface area is 183 Å². The number of aryl methyl sites for hydroxylation is 1. The van der Waals surface area contributed by atoms with Gasteiger partial charge in [-0.15, -0.1) is 11.8 Å². The van der Waals surface area contributed by atoms with Crippen molar-refractivity contribution in [2.45, 2.75) is 30.0 Å². The molecule has 5 nitrogen and oxygen atoms in total. The molecule has 0 aliphatic carbocycles. The second kappa shape index (κ2) is 8.43. The highest BCUT2D eigenvalue weighted by Crippen LogP contribution is 2.42. The van der Waals surface area contributed by atoms with Gasteiger partial charge in [-0.05, 0) is 66.4 Å². The van der Waals surface area contributed by atoms with Gasteiger partial charge in [0.05, 0.1) is 27.9 Å². The molecule has 1 aliphatic rings. The first-order valence-corrected chi connectivity index (χ1v) is 10.6. The molecule has 0 fully saturated rings. The van der Waals surface area contributed by atoms with E-state index in [4.69, 9.17) is 10.8 Å². The molecule has 0 aromatic heterocycles. The molecule has 3 aromatic rings. The lowest BCUT2D eigenvalue weighted by atomic mass is 10.0. The lowest BCUT2D eigenvalue weighted by Gasteiger charge is -2.34. The van der Waals surface area contributed by atoms with E-state index >= 15 is 0 Å². The van der Waals surface area contributed by atoms with E-state index in [1.807, 2.05) is 19.1 Å². The average Bonchev–Trinajstić information content (AvgIpc) is 2.73. The number of nitrogens with zero attached hydrogens (tertiary/aromatic N) is 1. The molecule has 1 amide bonds. The smallest absolute Gasteiger partial charge is 0.335 e. The molecular formula is C24H21FN2O3S. The first-order chi connectivity index (χ1) is 14.8. The largest absolute Gasteiger partial charge is 0.478 e. The molecule has 31 heavy (non-hydrogen) atoms. The standard InChI is InChI=1S/C24H21FN2O3S/c1-14-11-18(26)10-9-17(14)13-27-20-4-2-3-19(25)22(20)31-21(23(27)28)12-15-5-7-16(8-6-15)24(29)30/h2-11,21H,12-13,26H2,1H3,(H,29,30)/t21-/m0/s1. The molecule has 3 aromatic carbocycles. The number of carbonyl (C=O) groups is 2. The van der Waals surface area contributed by atoms with Crippen molar-refractivity contribution >= 4 is 35.0 Å². The summed E-state index contributed by atoms with van der Waals surface area (Å²) >= 11 is 1.22. The fourth-order valence-corrected chi connectivity index (χ4v) is 4.94. The minimum atomic E-state index is -1.00. The van der Waals surface area contributed by atoms with Crippen molar-refractivity contribution in [3.05, 3.63) is 88.7 Å². The number of carboxylic acids is 1. The number of carboxylic acid groups (broad SMARTS) is 1. The van der Waals surface area contributed by atoms with Gasteiger partial charge in [0.15, 0.2) is 0 Å². The molecular weight excluding hydrogens is 415 g/mol. The van der Waals surface area contributed by atoms with Crippen LogP contribution >= 0.6 is 11.8 Å². The fourth-order valence-electron chi connectivity index (χ4n) is 3.67. The number of anilines is 2. The number of nitrogen functional groups attached to an aromatic ring is 1. The lowest BCUT2D eigenvalue weighted by Crippen LogP contribution is -2.41. The third kappa shape index (κ3) is 4.27. The Balaban J connectivity index is 1.66. The molecule has 3 N–H and O–H groups in total. The van der Waals surface area contributed by atoms with Crippen LogP contribution in [0.1, 0.15) is 27.0 Å². The number of nitrogens with two attached hydrogens (primary N) is 1. The summed E-state index contributed by atoms with van der Waals surface area (Å²) in [6.07, 6.45) is 0.369. The molecule has 0 saturated heterocycles. The third-order valence-electron chi connectivity index (χ3n) is 5.36. The predicted molar refractivity (Wildman–Crippen MR) is 120 cm³/mol. The van der Waals surface area contributed by atoms with Gasteiger partial charge in [0.1, 0.15) is 5.82 Å². The number of thioether (sulfide) groups is 1. The Kier molecular flexibility index (Phi) is 5.69. The summed E-state index contributed by atoms with van der Waals surface area (Å²) in [4.78, 5) is 26.6. The highest BCUT2D eigenvalue weighted by Gasteiger charge is 2.35. The Hall–Kier alpha value is -3.32. The molecule has 1 heterocycles. The van der Waals surface area contributed by atoms with Gasteiger partial charge < -0.3 is 15.7 Å². The van der Waals surface area contributed by atoms with Crippen LogP contribution in [-0.2, 0) is 17.8 Å². The van der Waals surface area contributed by atoms with Crippen molar-refractivity contribution in [2.75, 3.05) is 10.6 Å². The van der Waals surface area contributed by atoms with Crippen molar-refractivity contribution in [1.82, 2.24) is 0 Å². The van der Waals surface area contributed by atoms with E-state index in [0.29, 0.717) is 29.2 Å². The minimum absolute atomic E-state index is 0.110. The molecule has 1 aliphatic heterocycles. The molecule has 7 heteroatoms. The van der Waals surface area contributed by atoms with Gasteiger partial charge >= 0.3 is 5.97 Å². The van der Waals surface area contributed by atoms with Gasteiger partial charge in [-0.2, -0.15) is 0 Å². The molecule has 0 spiro atoms. The summed E-state index contributed by atoms with van der Waals surface area (Å²) in [5.74, 6) is -1.47. The third-order valence-corrected chi connectivity index (χ3v) is 6.65. The Morgan fingerprint density at radius 2 is 1.90 bits per heavy atom. The maximum atomic E-state index is 14.7. The van der Waals surface area contributed by atoms with Gasteiger partial charge in [0, 0.05) is 5.69 Å². The number of rotatable bonds is 5. The molecule has 1 atom stereocenters. The van der Waals surface area contributed by atoms with E-state index in [1.54, 1.807) is 35.2 Å². The van der Waals surface area contributed by atoms with Crippen molar-refractivity contribution in [2.24, 2.45) is 0 Å². The average molecular weight is 437 g/mol. The number of aromatic carboxylic acids is 1. The van der Waals surface area contributed by atoms with E-state index in [0.717, 1.165) is 16.7 Å². The van der Waals surface area contributed by atoms with Gasteiger partial charge in [-0.3, -0.25) is 4.79 Å². The normalized spacial score (nSPS) is 15.6. The van der Waals surface area contributed by atoms with Crippen molar-refractivity contribution in [1.29, 1.82) is 0 Å². The number of halogens is 1. The van der Waals surface area contributed by atoms with Crippen LogP contribution in [0.5, 0.6) is 0 Å². The number of hydrogen-bond donors (Lipinski definition) is 2. The van der Waals surface area contributed by atoms with Crippen molar-refractivity contribution in [3.8, 4) is 0 Å². The first kappa shape index (κ1) is 20.9. The van der Waals surface area contributed by atoms with Crippen LogP contribution in [0.25, 0.3) is 0 Å². The maximum Gasteiger partial charge on any atom is 0.335 e. The van der Waals surface area contributed by atoms with Gasteiger partial charge in [0.2, 0.25) is 5.91 Å². The van der Waals surface area contributed by atoms with E-state index in [-0.39, 0.29) is 17.3 Å². The Morgan fingerprint density at radius 1 is 1.16 bits per heavy atom. The zero-order valence-corrected chi connectivity index (χ0v) is 17.7. The van der Waals surface area contributed by atoms with Gasteiger partial charge in [-0.1, -0.05) is 24.3 Å². The van der Waals surface area contributed by atoms with Gasteiger partial charge in [0.25, 0.3) is 0 Å². The van der Waals surface area contributed by atoms with Crippen molar-refractivity contribution < 1.29 is 19.1 Å². The maximum absolute atomic E-state index is 14.7. The fraction of sp³-hybridized carbons (Fsp3) is 0.167. The van der Waals surface area contributed by atoms with Gasteiger partial charge in [-0.25, -0.2) is 9.18 Å².